The van der Waals surface area contributed by atoms with Gasteiger partial charge in [0.15, 0.2) is 5.54 Å². The topological polar surface area (TPSA) is 0 Å². The van der Waals surface area contributed by atoms with E-state index in [1.54, 1.807) is 0 Å². The summed E-state index contributed by atoms with van der Waals surface area (Å²) in [5, 5.41) is 0. The van der Waals surface area contributed by atoms with E-state index in [0.717, 1.165) is 28.6 Å². The van der Waals surface area contributed by atoms with Crippen LogP contribution in [0, 0.1) is 11.8 Å². The minimum atomic E-state index is -0.0671. The van der Waals surface area contributed by atoms with Gasteiger partial charge in [-0.25, -0.2) is 0 Å². The molecule has 0 bridgehead atoms. The number of rotatable bonds is 6. The van der Waals surface area contributed by atoms with Crippen molar-refractivity contribution in [1.29, 1.82) is 0 Å². The third-order valence-corrected chi connectivity index (χ3v) is 3.62. The normalized spacial score (nSPS) is 11.3. The molecule has 0 aliphatic heterocycles. The summed E-state index contributed by atoms with van der Waals surface area (Å²) in [6.45, 7) is 14.7. The van der Waals surface area contributed by atoms with Crippen LogP contribution in [-0.2, 0) is 0 Å². The second-order valence-corrected chi connectivity index (χ2v) is 6.58. The lowest BCUT2D eigenvalue weighted by molar-refractivity contribution is -0.923. The molecule has 0 radical (unpaired) electrons. The predicted molar refractivity (Wildman–Crippen MR) is 81.1 cm³/mol. The third kappa shape index (κ3) is 8.26. The molecule has 0 rings (SSSR count). The molecule has 0 atom stereocenters. The minimum absolute atomic E-state index is 0. The molecule has 0 amide bonds. The summed E-state index contributed by atoms with van der Waals surface area (Å²) in [7, 11) is 8.74. The summed E-state index contributed by atoms with van der Waals surface area (Å²) in [5.41, 5.74) is -0.0671. The first-order valence-corrected chi connectivity index (χ1v) is 6.45. The Kier molecular flexibility index (Phi) is 12.2. The van der Waals surface area contributed by atoms with Crippen LogP contribution in [0.1, 0.15) is 13.8 Å². The molecule has 2 nitrogen and oxygen atoms in total. The van der Waals surface area contributed by atoms with E-state index in [4.69, 9.17) is 0 Å². The molecular formula is C16H30Br2N2. The average molecular weight is 410 g/mol. The maximum atomic E-state index is 3.83. The van der Waals surface area contributed by atoms with Gasteiger partial charge < -0.3 is 42.9 Å². The summed E-state index contributed by atoms with van der Waals surface area (Å²) < 4.78 is 1.69. The van der Waals surface area contributed by atoms with Gasteiger partial charge in [-0.05, 0) is 24.0 Å². The highest BCUT2D eigenvalue weighted by molar-refractivity contribution is 5.11. The number of nitrogens with zero attached hydrogens (tertiary/aromatic N) is 2. The fourth-order valence-corrected chi connectivity index (χ4v) is 1.59. The van der Waals surface area contributed by atoms with E-state index in [1.807, 2.05) is 12.2 Å². The lowest BCUT2D eigenvalue weighted by atomic mass is 10.0. The van der Waals surface area contributed by atoms with Crippen LogP contribution in [0.5, 0.6) is 0 Å². The molecule has 4 heteroatoms. The maximum Gasteiger partial charge on any atom is 0.155 e. The van der Waals surface area contributed by atoms with Gasteiger partial charge in [0, 0.05) is 13.8 Å². The summed E-state index contributed by atoms with van der Waals surface area (Å²) in [6.07, 6.45) is 3.91. The standard InChI is InChI=1S/C16H30N2.2BrH/c1-9-13-17(5,6)15-11-12-16(3,4)18(7,8)14-10-2;;/h9-10H,1-2,13-15H2,3-8H3;2*1H/q+2;;/p-2. The fraction of sp³-hybridized carbons (Fsp3) is 0.625. The average Bonchev–Trinajstić information content (AvgIpc) is 2.16. The monoisotopic (exact) mass is 408 g/mol. The number of quaternary nitrogens is 2. The van der Waals surface area contributed by atoms with Crippen molar-refractivity contribution >= 4 is 0 Å². The van der Waals surface area contributed by atoms with Gasteiger partial charge in [-0.15, -0.1) is 0 Å². The Labute approximate surface area is 147 Å². The molecule has 0 unspecified atom stereocenters. The van der Waals surface area contributed by atoms with E-state index >= 15 is 0 Å². The van der Waals surface area contributed by atoms with Gasteiger partial charge in [0.05, 0.1) is 41.3 Å². The molecule has 0 aliphatic rings. The summed E-state index contributed by atoms with van der Waals surface area (Å²) in [4.78, 5) is 0. The first kappa shape index (κ1) is 24.9. The molecular weight excluding hydrogens is 380 g/mol. The third-order valence-electron chi connectivity index (χ3n) is 3.62. The zero-order chi connectivity index (χ0) is 14.4. The van der Waals surface area contributed by atoms with Crippen LogP contribution in [0.15, 0.2) is 25.3 Å². The van der Waals surface area contributed by atoms with Crippen molar-refractivity contribution in [3.05, 3.63) is 25.3 Å². The van der Waals surface area contributed by atoms with Gasteiger partial charge in [0.2, 0.25) is 0 Å². The second-order valence-electron chi connectivity index (χ2n) is 6.58. The highest BCUT2D eigenvalue weighted by Gasteiger charge is 2.33. The number of hydrogen-bond acceptors (Lipinski definition) is 0. The van der Waals surface area contributed by atoms with E-state index < -0.39 is 0 Å². The van der Waals surface area contributed by atoms with Crippen molar-refractivity contribution in [2.24, 2.45) is 0 Å². The van der Waals surface area contributed by atoms with Crippen LogP contribution >= 0.6 is 0 Å². The van der Waals surface area contributed by atoms with Crippen molar-refractivity contribution in [1.82, 2.24) is 0 Å². The van der Waals surface area contributed by atoms with Crippen LogP contribution in [0.25, 0.3) is 0 Å². The Morgan fingerprint density at radius 3 is 1.80 bits per heavy atom. The highest BCUT2D eigenvalue weighted by atomic mass is 79.9. The van der Waals surface area contributed by atoms with Crippen molar-refractivity contribution < 1.29 is 42.9 Å². The number of hydrogen-bond donors (Lipinski definition) is 0. The molecule has 0 N–H and O–H groups in total. The van der Waals surface area contributed by atoms with Gasteiger partial charge in [-0.3, -0.25) is 0 Å². The van der Waals surface area contributed by atoms with E-state index in [9.17, 15) is 0 Å². The molecule has 0 spiro atoms. The van der Waals surface area contributed by atoms with Crippen LogP contribution in [0.3, 0.4) is 0 Å². The summed E-state index contributed by atoms with van der Waals surface area (Å²) >= 11 is 0. The van der Waals surface area contributed by atoms with Crippen molar-refractivity contribution in [3.8, 4) is 11.8 Å². The first-order chi connectivity index (χ1) is 8.08. The second kappa shape index (κ2) is 9.78. The molecule has 0 saturated heterocycles. The van der Waals surface area contributed by atoms with Gasteiger partial charge in [0.1, 0.15) is 6.54 Å². The van der Waals surface area contributed by atoms with Crippen molar-refractivity contribution in [2.75, 3.05) is 47.8 Å². The van der Waals surface area contributed by atoms with Gasteiger partial charge >= 0.3 is 0 Å². The van der Waals surface area contributed by atoms with Gasteiger partial charge in [-0.2, -0.15) is 0 Å². The zero-order valence-corrected chi connectivity index (χ0v) is 17.0. The van der Waals surface area contributed by atoms with Crippen molar-refractivity contribution in [2.45, 2.75) is 19.4 Å². The smallest absolute Gasteiger partial charge is 0.155 e. The molecule has 0 aromatic heterocycles. The van der Waals surface area contributed by atoms with Gasteiger partial charge in [0.25, 0.3) is 0 Å². The molecule has 20 heavy (non-hydrogen) atoms. The fourth-order valence-electron chi connectivity index (χ4n) is 1.59. The van der Waals surface area contributed by atoms with Crippen LogP contribution in [0.4, 0.5) is 0 Å². The van der Waals surface area contributed by atoms with Crippen molar-refractivity contribution in [3.63, 3.8) is 0 Å². The number of likely N-dealkylation sites (N-methyl/N-ethyl adjacent to an activating group) is 2. The van der Waals surface area contributed by atoms with Crippen LogP contribution in [0.2, 0.25) is 0 Å². The Morgan fingerprint density at radius 2 is 1.40 bits per heavy atom. The van der Waals surface area contributed by atoms with E-state index in [0.29, 0.717) is 0 Å². The quantitative estimate of drug-likeness (QED) is 0.240. The minimum Gasteiger partial charge on any atom is -1.00 e. The lowest BCUT2D eigenvalue weighted by Crippen LogP contribution is -3.00. The molecule has 0 heterocycles. The predicted octanol–water partition coefficient (Wildman–Crippen LogP) is -3.70. The Balaban J connectivity index is -0.00000144. The maximum absolute atomic E-state index is 3.83. The molecule has 0 fully saturated rings. The summed E-state index contributed by atoms with van der Waals surface area (Å²) in [6, 6.07) is 0. The lowest BCUT2D eigenvalue weighted by Gasteiger charge is -2.40. The Morgan fingerprint density at radius 1 is 0.950 bits per heavy atom. The first-order valence-electron chi connectivity index (χ1n) is 6.45. The molecule has 0 aromatic carbocycles. The molecule has 118 valence electrons. The van der Waals surface area contributed by atoms with Gasteiger partial charge in [-0.1, -0.05) is 13.2 Å². The van der Waals surface area contributed by atoms with Crippen LogP contribution < -0.4 is 34.0 Å². The van der Waals surface area contributed by atoms with E-state index in [2.05, 4.69) is 67.0 Å². The summed E-state index contributed by atoms with van der Waals surface area (Å²) in [5.74, 6) is 6.76. The molecule has 0 saturated carbocycles. The number of halogens is 2. The van der Waals surface area contributed by atoms with Crippen LogP contribution in [-0.4, -0.2) is 62.3 Å². The van der Waals surface area contributed by atoms with E-state index in [1.165, 1.54) is 0 Å². The molecule has 0 aliphatic carbocycles. The largest absolute Gasteiger partial charge is 1.00 e. The molecule has 0 aromatic rings. The zero-order valence-electron chi connectivity index (χ0n) is 13.8. The SMILES string of the molecule is C=CC[N+](C)(C)CC#CC(C)(C)[N+](C)(C)CC=C.[Br-].[Br-]. The Bertz CT molecular complexity index is 360. The Hall–Kier alpha value is -0.0800. The highest BCUT2D eigenvalue weighted by Crippen LogP contribution is 2.18. The van der Waals surface area contributed by atoms with E-state index in [-0.39, 0.29) is 39.5 Å².